The SMILES string of the molecule is NC(=O)CCN(CCC(N)=O)C(CC(N)=O)OS(=O)(=O)OOS(=O)(=O)O. The Bertz CT molecular complexity index is 702. The van der Waals surface area contributed by atoms with E-state index in [0.29, 0.717) is 0 Å². The maximum atomic E-state index is 11.5. The Hall–Kier alpha value is -1.89. The van der Waals surface area contributed by atoms with E-state index in [4.69, 9.17) is 21.8 Å². The fourth-order valence-corrected chi connectivity index (χ4v) is 2.57. The molecule has 0 heterocycles. The average Bonchev–Trinajstić information content (AvgIpc) is 2.42. The van der Waals surface area contributed by atoms with Crippen LogP contribution < -0.4 is 17.2 Å². The van der Waals surface area contributed by atoms with Crippen LogP contribution in [0.25, 0.3) is 0 Å². The molecule has 0 aromatic heterocycles. The Morgan fingerprint density at radius 2 is 1.35 bits per heavy atom. The molecule has 0 aliphatic rings. The molecule has 0 rings (SSSR count). The number of primary amides is 3. The van der Waals surface area contributed by atoms with Crippen LogP contribution in [0, 0.1) is 0 Å². The fraction of sp³-hybridized carbons (Fsp3) is 0.667. The van der Waals surface area contributed by atoms with Gasteiger partial charge in [0.25, 0.3) is 0 Å². The lowest BCUT2D eigenvalue weighted by Crippen LogP contribution is -2.44. The van der Waals surface area contributed by atoms with Crippen LogP contribution in [0.15, 0.2) is 0 Å². The molecule has 0 aromatic carbocycles. The molecule has 0 saturated heterocycles. The molecular formula is C9H18N4O11S2. The lowest BCUT2D eigenvalue weighted by Gasteiger charge is -2.29. The Balaban J connectivity index is 5.36. The van der Waals surface area contributed by atoms with E-state index < -0.39 is 51.2 Å². The first-order chi connectivity index (χ1) is 11.7. The van der Waals surface area contributed by atoms with Gasteiger partial charge in [0.15, 0.2) is 0 Å². The van der Waals surface area contributed by atoms with Crippen LogP contribution in [-0.2, 0) is 48.0 Å². The molecule has 0 aliphatic carbocycles. The topological polar surface area (TPSA) is 249 Å². The van der Waals surface area contributed by atoms with Crippen molar-refractivity contribution in [2.75, 3.05) is 13.1 Å². The standard InChI is InChI=1S/C9H18N4O11S2/c10-6(14)1-3-13(4-2-7(11)15)9(5-8(12)16)22-26(20,21)24-23-25(17,18)19/h9H,1-5H2,(H2,10,14)(H2,11,15)(H2,12,16)(H,17,18,19). The number of carbonyl (C=O) groups excluding carboxylic acids is 3. The highest BCUT2D eigenvalue weighted by Crippen LogP contribution is 2.13. The largest absolute Gasteiger partial charge is 0.429 e. The van der Waals surface area contributed by atoms with Crippen molar-refractivity contribution in [3.05, 3.63) is 0 Å². The minimum atomic E-state index is -5.29. The van der Waals surface area contributed by atoms with Crippen LogP contribution >= 0.6 is 0 Å². The van der Waals surface area contributed by atoms with E-state index in [0.717, 1.165) is 4.90 Å². The molecule has 26 heavy (non-hydrogen) atoms. The maximum Gasteiger partial charge on any atom is 0.429 e. The van der Waals surface area contributed by atoms with Crippen LogP contribution in [0.5, 0.6) is 0 Å². The molecule has 0 aliphatic heterocycles. The van der Waals surface area contributed by atoms with Gasteiger partial charge in [-0.15, -0.1) is 0 Å². The summed E-state index contributed by atoms with van der Waals surface area (Å²) in [5.41, 5.74) is 14.9. The first kappa shape index (κ1) is 24.1. The summed E-state index contributed by atoms with van der Waals surface area (Å²) in [6.45, 7) is -0.537. The van der Waals surface area contributed by atoms with Crippen LogP contribution in [0.1, 0.15) is 19.3 Å². The minimum absolute atomic E-state index is 0.269. The number of nitrogens with two attached hydrogens (primary N) is 3. The van der Waals surface area contributed by atoms with E-state index in [-0.39, 0.29) is 25.9 Å². The Morgan fingerprint density at radius 1 is 0.885 bits per heavy atom. The van der Waals surface area contributed by atoms with Gasteiger partial charge in [-0.1, -0.05) is 8.67 Å². The summed E-state index contributed by atoms with van der Waals surface area (Å²) in [6.07, 6.45) is -3.13. The van der Waals surface area contributed by atoms with Gasteiger partial charge < -0.3 is 17.2 Å². The van der Waals surface area contributed by atoms with E-state index in [2.05, 4.69) is 12.9 Å². The summed E-state index contributed by atoms with van der Waals surface area (Å²) >= 11 is 0. The molecule has 3 amide bonds. The van der Waals surface area contributed by atoms with Crippen molar-refractivity contribution in [1.82, 2.24) is 4.90 Å². The maximum absolute atomic E-state index is 11.5. The van der Waals surface area contributed by atoms with Gasteiger partial charge in [0.05, 0.1) is 6.42 Å². The molecule has 152 valence electrons. The molecule has 7 N–H and O–H groups in total. The molecule has 0 saturated carbocycles. The second kappa shape index (κ2) is 10.3. The molecular weight excluding hydrogens is 404 g/mol. The van der Waals surface area contributed by atoms with Gasteiger partial charge in [-0.3, -0.25) is 23.8 Å². The summed E-state index contributed by atoms with van der Waals surface area (Å²) in [5, 5.41) is 0. The van der Waals surface area contributed by atoms with E-state index >= 15 is 0 Å². The molecule has 0 aromatic rings. The zero-order chi connectivity index (χ0) is 20.5. The number of nitrogens with zero attached hydrogens (tertiary/aromatic N) is 1. The number of hydrogen-bond donors (Lipinski definition) is 4. The van der Waals surface area contributed by atoms with Crippen molar-refractivity contribution < 1.29 is 48.6 Å². The van der Waals surface area contributed by atoms with Gasteiger partial charge in [-0.2, -0.15) is 16.8 Å². The van der Waals surface area contributed by atoms with E-state index in [1.54, 1.807) is 0 Å². The molecule has 0 bridgehead atoms. The van der Waals surface area contributed by atoms with Crippen molar-refractivity contribution in [2.24, 2.45) is 17.2 Å². The van der Waals surface area contributed by atoms with Gasteiger partial charge in [-0.25, -0.2) is 4.18 Å². The normalized spacial score (nSPS) is 13.5. The monoisotopic (exact) mass is 422 g/mol. The smallest absolute Gasteiger partial charge is 0.370 e. The van der Waals surface area contributed by atoms with E-state index in [1.165, 1.54) is 0 Å². The zero-order valence-corrected chi connectivity index (χ0v) is 14.8. The Kier molecular flexibility index (Phi) is 9.56. The van der Waals surface area contributed by atoms with Crippen molar-refractivity contribution >= 4 is 38.5 Å². The van der Waals surface area contributed by atoms with E-state index in [1.807, 2.05) is 0 Å². The van der Waals surface area contributed by atoms with Gasteiger partial charge in [-0.05, 0) is 0 Å². The predicted octanol–water partition coefficient (Wildman–Crippen LogP) is -3.75. The Labute approximate surface area is 148 Å². The predicted molar refractivity (Wildman–Crippen MR) is 80.5 cm³/mol. The van der Waals surface area contributed by atoms with Gasteiger partial charge >= 0.3 is 20.8 Å². The second-order valence-electron chi connectivity index (χ2n) is 4.66. The van der Waals surface area contributed by atoms with E-state index in [9.17, 15) is 31.2 Å². The van der Waals surface area contributed by atoms with Crippen LogP contribution in [0.4, 0.5) is 0 Å². The molecule has 1 atom stereocenters. The minimum Gasteiger partial charge on any atom is -0.370 e. The fourth-order valence-electron chi connectivity index (χ4n) is 1.52. The third kappa shape index (κ3) is 12.5. The zero-order valence-electron chi connectivity index (χ0n) is 13.1. The first-order valence-corrected chi connectivity index (χ1v) is 9.29. The summed E-state index contributed by atoms with van der Waals surface area (Å²) in [5.74, 6) is -2.63. The third-order valence-electron chi connectivity index (χ3n) is 2.50. The van der Waals surface area contributed by atoms with Crippen molar-refractivity contribution in [2.45, 2.75) is 25.5 Å². The third-order valence-corrected chi connectivity index (χ3v) is 3.52. The number of hydrogen-bond acceptors (Lipinski definition) is 11. The van der Waals surface area contributed by atoms with Gasteiger partial charge in [0.1, 0.15) is 6.23 Å². The van der Waals surface area contributed by atoms with Gasteiger partial charge in [0.2, 0.25) is 17.7 Å². The van der Waals surface area contributed by atoms with Crippen LogP contribution in [0.2, 0.25) is 0 Å². The summed E-state index contributed by atoms with van der Waals surface area (Å²) in [4.78, 5) is 33.9. The summed E-state index contributed by atoms with van der Waals surface area (Å²) in [6, 6.07) is 0. The Morgan fingerprint density at radius 3 is 1.69 bits per heavy atom. The molecule has 0 radical (unpaired) electrons. The van der Waals surface area contributed by atoms with Crippen molar-refractivity contribution in [3.63, 3.8) is 0 Å². The molecule has 17 heteroatoms. The highest BCUT2D eigenvalue weighted by molar-refractivity contribution is 7.83. The highest BCUT2D eigenvalue weighted by Gasteiger charge is 2.30. The number of amides is 3. The molecule has 0 fully saturated rings. The molecule has 15 nitrogen and oxygen atoms in total. The van der Waals surface area contributed by atoms with Crippen molar-refractivity contribution in [3.8, 4) is 0 Å². The first-order valence-electron chi connectivity index (χ1n) is 6.59. The summed E-state index contributed by atoms with van der Waals surface area (Å²) < 4.78 is 63.1. The average molecular weight is 422 g/mol. The molecule has 1 unspecified atom stereocenters. The summed E-state index contributed by atoms with van der Waals surface area (Å²) in [7, 11) is -10.5. The van der Waals surface area contributed by atoms with Crippen molar-refractivity contribution in [1.29, 1.82) is 0 Å². The quantitative estimate of drug-likeness (QED) is 0.0911. The lowest BCUT2D eigenvalue weighted by atomic mass is 10.2. The lowest BCUT2D eigenvalue weighted by molar-refractivity contribution is -0.130. The van der Waals surface area contributed by atoms with Crippen LogP contribution in [0.3, 0.4) is 0 Å². The number of carbonyl (C=O) groups is 3. The highest BCUT2D eigenvalue weighted by atomic mass is 32.3. The molecule has 0 spiro atoms. The van der Waals surface area contributed by atoms with Crippen LogP contribution in [-0.4, -0.2) is 63.3 Å². The van der Waals surface area contributed by atoms with Gasteiger partial charge in [0, 0.05) is 25.9 Å². The number of rotatable bonds is 14. The second-order valence-corrected chi connectivity index (χ2v) is 6.80.